The Balaban J connectivity index is 2.02. The quantitative estimate of drug-likeness (QED) is 0.793. The second kappa shape index (κ2) is 4.43. The Hall–Kier alpha value is -2.29. The third-order valence-electron chi connectivity index (χ3n) is 3.61. The number of carbonyl (C=O) groups excluding carboxylic acids is 1. The van der Waals surface area contributed by atoms with Crippen LogP contribution >= 0.6 is 0 Å². The number of rotatable bonds is 1. The van der Waals surface area contributed by atoms with Crippen LogP contribution in [0.4, 0.5) is 11.4 Å². The van der Waals surface area contributed by atoms with E-state index < -0.39 is 0 Å². The summed E-state index contributed by atoms with van der Waals surface area (Å²) in [6.07, 6.45) is 0.895. The van der Waals surface area contributed by atoms with Gasteiger partial charge in [-0.2, -0.15) is 0 Å². The van der Waals surface area contributed by atoms with Crippen LogP contribution in [0.2, 0.25) is 0 Å². The molecular weight excluding hydrogens is 236 g/mol. The minimum absolute atomic E-state index is 0.0784. The maximum atomic E-state index is 12.5. The second-order valence-corrected chi connectivity index (χ2v) is 4.91. The first-order valence-corrected chi connectivity index (χ1v) is 6.43. The highest BCUT2D eigenvalue weighted by atomic mass is 16.2. The summed E-state index contributed by atoms with van der Waals surface area (Å²) in [6, 6.07) is 13.5. The van der Waals surface area contributed by atoms with E-state index in [9.17, 15) is 4.79 Å². The standard InChI is InChI=1S/C16H16N2O/c1-11-10-13(17)6-7-15(11)18-9-8-12-4-2-3-5-14(12)16(18)19/h2-7,10H,8-9,17H2,1H3. The molecule has 1 aliphatic heterocycles. The third kappa shape index (κ3) is 1.97. The van der Waals surface area contributed by atoms with E-state index in [0.29, 0.717) is 0 Å². The number of amides is 1. The van der Waals surface area contributed by atoms with Crippen LogP contribution in [-0.4, -0.2) is 12.5 Å². The third-order valence-corrected chi connectivity index (χ3v) is 3.61. The molecule has 0 aromatic heterocycles. The zero-order chi connectivity index (χ0) is 13.4. The highest BCUT2D eigenvalue weighted by Crippen LogP contribution is 2.28. The van der Waals surface area contributed by atoms with Gasteiger partial charge in [0, 0.05) is 23.5 Å². The Labute approximate surface area is 112 Å². The highest BCUT2D eigenvalue weighted by molar-refractivity contribution is 6.08. The molecular formula is C16H16N2O. The van der Waals surface area contributed by atoms with Gasteiger partial charge in [0.25, 0.3) is 5.91 Å². The second-order valence-electron chi connectivity index (χ2n) is 4.91. The molecule has 2 aromatic carbocycles. The zero-order valence-corrected chi connectivity index (χ0v) is 10.9. The minimum atomic E-state index is 0.0784. The Kier molecular flexibility index (Phi) is 2.75. The van der Waals surface area contributed by atoms with E-state index in [1.807, 2.05) is 54.3 Å². The minimum Gasteiger partial charge on any atom is -0.399 e. The van der Waals surface area contributed by atoms with E-state index in [0.717, 1.165) is 41.0 Å². The number of aryl methyl sites for hydroxylation is 1. The van der Waals surface area contributed by atoms with Crippen LogP contribution in [0.25, 0.3) is 0 Å². The predicted octanol–water partition coefficient (Wildman–Crippen LogP) is 2.78. The summed E-state index contributed by atoms with van der Waals surface area (Å²) in [5, 5.41) is 0. The van der Waals surface area contributed by atoms with Gasteiger partial charge in [0.1, 0.15) is 0 Å². The van der Waals surface area contributed by atoms with Gasteiger partial charge in [-0.1, -0.05) is 18.2 Å². The van der Waals surface area contributed by atoms with Gasteiger partial charge in [0.2, 0.25) is 0 Å². The molecule has 0 bridgehead atoms. The molecule has 0 saturated carbocycles. The van der Waals surface area contributed by atoms with Crippen molar-refractivity contribution in [2.24, 2.45) is 0 Å². The molecule has 0 unspecified atom stereocenters. The number of nitrogens with two attached hydrogens (primary N) is 1. The van der Waals surface area contributed by atoms with E-state index in [1.54, 1.807) is 0 Å². The molecule has 1 amide bonds. The van der Waals surface area contributed by atoms with E-state index in [-0.39, 0.29) is 5.91 Å². The van der Waals surface area contributed by atoms with E-state index >= 15 is 0 Å². The Morgan fingerprint density at radius 3 is 2.74 bits per heavy atom. The largest absolute Gasteiger partial charge is 0.399 e. The summed E-state index contributed by atoms with van der Waals surface area (Å²) in [7, 11) is 0. The molecule has 0 radical (unpaired) electrons. The summed E-state index contributed by atoms with van der Waals surface area (Å²) in [5.41, 5.74) is 10.4. The van der Waals surface area contributed by atoms with Gasteiger partial charge in [0.05, 0.1) is 0 Å². The van der Waals surface area contributed by atoms with Crippen LogP contribution in [0.3, 0.4) is 0 Å². The van der Waals surface area contributed by atoms with Crippen LogP contribution in [0.1, 0.15) is 21.5 Å². The molecule has 2 aromatic rings. The molecule has 0 atom stereocenters. The number of carbonyl (C=O) groups is 1. The fourth-order valence-electron chi connectivity index (χ4n) is 2.64. The number of hydrogen-bond donors (Lipinski definition) is 1. The van der Waals surface area contributed by atoms with Crippen molar-refractivity contribution >= 4 is 17.3 Å². The molecule has 0 fully saturated rings. The summed E-state index contributed by atoms with van der Waals surface area (Å²) >= 11 is 0. The number of nitrogen functional groups attached to an aromatic ring is 1. The molecule has 3 heteroatoms. The molecule has 2 N–H and O–H groups in total. The van der Waals surface area contributed by atoms with Crippen LogP contribution in [0, 0.1) is 6.92 Å². The number of hydrogen-bond acceptors (Lipinski definition) is 2. The van der Waals surface area contributed by atoms with Gasteiger partial charge in [0.15, 0.2) is 0 Å². The van der Waals surface area contributed by atoms with Gasteiger partial charge in [-0.05, 0) is 48.7 Å². The number of fused-ring (bicyclic) bond motifs is 1. The van der Waals surface area contributed by atoms with Crippen molar-refractivity contribution in [2.45, 2.75) is 13.3 Å². The Morgan fingerprint density at radius 2 is 1.95 bits per heavy atom. The smallest absolute Gasteiger partial charge is 0.258 e. The number of anilines is 2. The first-order chi connectivity index (χ1) is 9.16. The first-order valence-electron chi connectivity index (χ1n) is 6.43. The molecule has 3 rings (SSSR count). The topological polar surface area (TPSA) is 46.3 Å². The van der Waals surface area contributed by atoms with Crippen molar-refractivity contribution in [1.29, 1.82) is 0 Å². The van der Waals surface area contributed by atoms with Crippen molar-refractivity contribution in [3.8, 4) is 0 Å². The van der Waals surface area contributed by atoms with E-state index in [2.05, 4.69) is 0 Å². The van der Waals surface area contributed by atoms with Crippen molar-refractivity contribution in [1.82, 2.24) is 0 Å². The van der Waals surface area contributed by atoms with Gasteiger partial charge in [-0.15, -0.1) is 0 Å². The lowest BCUT2D eigenvalue weighted by Crippen LogP contribution is -2.38. The predicted molar refractivity (Wildman–Crippen MR) is 77.4 cm³/mol. The van der Waals surface area contributed by atoms with Crippen LogP contribution in [-0.2, 0) is 6.42 Å². The molecule has 0 saturated heterocycles. The Bertz CT molecular complexity index is 649. The number of nitrogens with zero attached hydrogens (tertiary/aromatic N) is 1. The summed E-state index contributed by atoms with van der Waals surface area (Å²) < 4.78 is 0. The van der Waals surface area contributed by atoms with Crippen LogP contribution in [0.5, 0.6) is 0 Å². The SMILES string of the molecule is Cc1cc(N)ccc1N1CCc2ccccc2C1=O. The summed E-state index contributed by atoms with van der Waals surface area (Å²) in [5.74, 6) is 0.0784. The number of benzene rings is 2. The monoisotopic (exact) mass is 252 g/mol. The average molecular weight is 252 g/mol. The van der Waals surface area contributed by atoms with Gasteiger partial charge < -0.3 is 10.6 Å². The van der Waals surface area contributed by atoms with Crippen molar-refractivity contribution < 1.29 is 4.79 Å². The lowest BCUT2D eigenvalue weighted by atomic mass is 9.98. The molecule has 1 aliphatic rings. The fraction of sp³-hybridized carbons (Fsp3) is 0.188. The summed E-state index contributed by atoms with van der Waals surface area (Å²) in [4.78, 5) is 14.4. The van der Waals surface area contributed by atoms with Gasteiger partial charge in [-0.25, -0.2) is 0 Å². The van der Waals surface area contributed by atoms with E-state index in [1.165, 1.54) is 0 Å². The lowest BCUT2D eigenvalue weighted by molar-refractivity contribution is 0.0980. The van der Waals surface area contributed by atoms with Crippen LogP contribution < -0.4 is 10.6 Å². The van der Waals surface area contributed by atoms with Crippen molar-refractivity contribution in [2.75, 3.05) is 17.2 Å². The average Bonchev–Trinajstić information content (AvgIpc) is 2.41. The zero-order valence-electron chi connectivity index (χ0n) is 10.9. The van der Waals surface area contributed by atoms with Gasteiger partial charge in [-0.3, -0.25) is 4.79 Å². The fourth-order valence-corrected chi connectivity index (χ4v) is 2.64. The van der Waals surface area contributed by atoms with Gasteiger partial charge >= 0.3 is 0 Å². The lowest BCUT2D eigenvalue weighted by Gasteiger charge is -2.29. The first kappa shape index (κ1) is 11.8. The molecule has 0 spiro atoms. The molecule has 1 heterocycles. The normalized spacial score (nSPS) is 14.4. The maximum Gasteiger partial charge on any atom is 0.258 e. The maximum absolute atomic E-state index is 12.5. The Morgan fingerprint density at radius 1 is 1.16 bits per heavy atom. The molecule has 3 nitrogen and oxygen atoms in total. The molecule has 19 heavy (non-hydrogen) atoms. The van der Waals surface area contributed by atoms with Crippen LogP contribution in [0.15, 0.2) is 42.5 Å². The summed E-state index contributed by atoms with van der Waals surface area (Å²) in [6.45, 7) is 2.71. The highest BCUT2D eigenvalue weighted by Gasteiger charge is 2.25. The molecule has 0 aliphatic carbocycles. The molecule has 96 valence electrons. The van der Waals surface area contributed by atoms with E-state index in [4.69, 9.17) is 5.73 Å². The van der Waals surface area contributed by atoms with Crippen molar-refractivity contribution in [3.63, 3.8) is 0 Å². The van der Waals surface area contributed by atoms with Crippen molar-refractivity contribution in [3.05, 3.63) is 59.2 Å².